The third-order valence-electron chi connectivity index (χ3n) is 7.63. The number of nitrogens with zero attached hydrogens (tertiary/aromatic N) is 2. The lowest BCUT2D eigenvalue weighted by Gasteiger charge is -2.25. The summed E-state index contributed by atoms with van der Waals surface area (Å²) in [5.41, 5.74) is 5.25. The number of carboxylic acids is 2. The van der Waals surface area contributed by atoms with Crippen molar-refractivity contribution < 1.29 is 24.5 Å². The molecule has 240 valence electrons. The van der Waals surface area contributed by atoms with Crippen molar-refractivity contribution in [3.8, 4) is 11.8 Å². The Hall–Kier alpha value is -5.61. The van der Waals surface area contributed by atoms with Crippen LogP contribution in [0.25, 0.3) is 18.2 Å². The van der Waals surface area contributed by atoms with Crippen molar-refractivity contribution in [1.29, 1.82) is 5.26 Å². The molecule has 0 radical (unpaired) electrons. The van der Waals surface area contributed by atoms with Crippen LogP contribution < -0.4 is 9.64 Å². The predicted octanol–water partition coefficient (Wildman–Crippen LogP) is 9.90. The van der Waals surface area contributed by atoms with Gasteiger partial charge in [0.05, 0.1) is 6.61 Å². The van der Waals surface area contributed by atoms with Crippen LogP contribution in [0.1, 0.15) is 68.1 Å². The molecule has 0 aliphatic heterocycles. The number of aliphatic carboxylic acids is 2. The predicted molar refractivity (Wildman–Crippen MR) is 188 cm³/mol. The molecule has 0 fully saturated rings. The van der Waals surface area contributed by atoms with E-state index in [1.54, 1.807) is 12.1 Å². The van der Waals surface area contributed by atoms with Gasteiger partial charge in [-0.05, 0) is 72.5 Å². The molecule has 4 aromatic rings. The van der Waals surface area contributed by atoms with E-state index >= 15 is 0 Å². The molecule has 0 aromatic heterocycles. The van der Waals surface area contributed by atoms with Crippen LogP contribution in [0.4, 0.5) is 17.1 Å². The van der Waals surface area contributed by atoms with Crippen LogP contribution in [0.15, 0.2) is 109 Å². The van der Waals surface area contributed by atoms with Gasteiger partial charge >= 0.3 is 11.9 Å². The second kappa shape index (κ2) is 18.4. The number of para-hydroxylation sites is 2. The molecule has 0 amide bonds. The van der Waals surface area contributed by atoms with Gasteiger partial charge in [0, 0.05) is 29.0 Å². The van der Waals surface area contributed by atoms with Crippen LogP contribution in [0, 0.1) is 11.3 Å². The number of ether oxygens (including phenoxy) is 1. The fourth-order valence-corrected chi connectivity index (χ4v) is 5.17. The van der Waals surface area contributed by atoms with E-state index < -0.39 is 11.9 Å². The second-order valence-corrected chi connectivity index (χ2v) is 11.2. The first-order chi connectivity index (χ1) is 22.9. The molecular weight excluding hydrogens is 588 g/mol. The van der Waals surface area contributed by atoms with Gasteiger partial charge in [-0.2, -0.15) is 5.26 Å². The zero-order chi connectivity index (χ0) is 33.3. The highest BCUT2D eigenvalue weighted by Crippen LogP contribution is 2.34. The van der Waals surface area contributed by atoms with Gasteiger partial charge in [-0.1, -0.05) is 105 Å². The van der Waals surface area contributed by atoms with Crippen molar-refractivity contribution in [2.75, 3.05) is 11.5 Å². The molecule has 0 saturated heterocycles. The van der Waals surface area contributed by atoms with E-state index in [-0.39, 0.29) is 12.0 Å². The maximum atomic E-state index is 11.5. The average molecular weight is 629 g/mol. The average Bonchev–Trinajstić information content (AvgIpc) is 3.09. The zero-order valence-corrected chi connectivity index (χ0v) is 26.4. The fraction of sp³-hybridized carbons (Fsp3) is 0.225. The number of nitriles is 1. The van der Waals surface area contributed by atoms with E-state index in [2.05, 4.69) is 53.4 Å². The van der Waals surface area contributed by atoms with E-state index in [1.165, 1.54) is 6.08 Å². The summed E-state index contributed by atoms with van der Waals surface area (Å²) in [4.78, 5) is 24.3. The molecule has 0 unspecified atom stereocenters. The fourth-order valence-electron chi connectivity index (χ4n) is 5.17. The van der Waals surface area contributed by atoms with E-state index in [0.717, 1.165) is 66.7 Å². The number of anilines is 3. The van der Waals surface area contributed by atoms with Gasteiger partial charge in [0.1, 0.15) is 17.4 Å². The molecule has 2 N–H and O–H groups in total. The van der Waals surface area contributed by atoms with Crippen LogP contribution in [0.2, 0.25) is 0 Å². The van der Waals surface area contributed by atoms with Crippen LogP contribution in [0.3, 0.4) is 0 Å². The van der Waals surface area contributed by atoms with Gasteiger partial charge in [0.2, 0.25) is 0 Å². The highest BCUT2D eigenvalue weighted by atomic mass is 16.5. The third kappa shape index (κ3) is 11.1. The number of hydrogen-bond donors (Lipinski definition) is 2. The monoisotopic (exact) mass is 628 g/mol. The summed E-state index contributed by atoms with van der Waals surface area (Å²) in [5, 5.41) is 27.4. The molecule has 4 aromatic carbocycles. The van der Waals surface area contributed by atoms with E-state index in [0.29, 0.717) is 24.3 Å². The quantitative estimate of drug-likeness (QED) is 0.0488. The largest absolute Gasteiger partial charge is 0.493 e. The Labute approximate surface area is 276 Å². The van der Waals surface area contributed by atoms with Gasteiger partial charge < -0.3 is 19.8 Å². The second-order valence-electron chi connectivity index (χ2n) is 11.2. The zero-order valence-electron chi connectivity index (χ0n) is 26.4. The smallest absolute Gasteiger partial charge is 0.346 e. The number of carbonyl (C=O) groups is 2. The minimum atomic E-state index is -1.28. The Morgan fingerprint density at radius 1 is 0.681 bits per heavy atom. The molecule has 7 nitrogen and oxygen atoms in total. The lowest BCUT2D eigenvalue weighted by molar-refractivity contribution is -0.137. The number of unbranched alkanes of at least 4 members (excludes halogenated alkanes) is 6. The van der Waals surface area contributed by atoms with Crippen LogP contribution in [-0.4, -0.2) is 28.8 Å². The molecule has 0 bridgehead atoms. The van der Waals surface area contributed by atoms with Crippen molar-refractivity contribution >= 4 is 47.2 Å². The summed E-state index contributed by atoms with van der Waals surface area (Å²) in [6.45, 7) is 0.461. The summed E-state index contributed by atoms with van der Waals surface area (Å²) in [6.07, 6.45) is 12.1. The first-order valence-corrected chi connectivity index (χ1v) is 16.0. The molecule has 0 atom stereocenters. The SMILES string of the molecule is N#C/C(=C/c1ccc(/C=C/c2ccc(N(c3ccccc3)c3ccccc3)cc2)cc1OCCCCCCCCCC(=O)O)C(=O)O. The molecule has 7 heteroatoms. The van der Waals surface area contributed by atoms with Crippen molar-refractivity contribution in [2.45, 2.75) is 51.4 Å². The number of benzene rings is 4. The maximum Gasteiger partial charge on any atom is 0.346 e. The normalized spacial score (nSPS) is 11.3. The first-order valence-electron chi connectivity index (χ1n) is 16.0. The Balaban J connectivity index is 1.43. The van der Waals surface area contributed by atoms with Crippen LogP contribution >= 0.6 is 0 Å². The van der Waals surface area contributed by atoms with Gasteiger partial charge in [-0.3, -0.25) is 4.79 Å². The van der Waals surface area contributed by atoms with Crippen LogP contribution in [0.5, 0.6) is 5.75 Å². The highest BCUT2D eigenvalue weighted by Gasteiger charge is 2.12. The lowest BCUT2D eigenvalue weighted by Crippen LogP contribution is -2.09. The van der Waals surface area contributed by atoms with E-state index in [1.807, 2.05) is 60.7 Å². The Morgan fingerprint density at radius 3 is 1.79 bits per heavy atom. The van der Waals surface area contributed by atoms with Gasteiger partial charge in [0.15, 0.2) is 0 Å². The Morgan fingerprint density at radius 2 is 1.21 bits per heavy atom. The van der Waals surface area contributed by atoms with Gasteiger partial charge in [-0.25, -0.2) is 4.79 Å². The van der Waals surface area contributed by atoms with Crippen molar-refractivity contribution in [3.05, 3.63) is 125 Å². The number of hydrogen-bond acceptors (Lipinski definition) is 5. The molecular formula is C40H40N2O5. The third-order valence-corrected chi connectivity index (χ3v) is 7.63. The molecule has 0 saturated carbocycles. The summed E-state index contributed by atoms with van der Waals surface area (Å²) in [5.74, 6) is -1.51. The van der Waals surface area contributed by atoms with Crippen molar-refractivity contribution in [2.24, 2.45) is 0 Å². The summed E-state index contributed by atoms with van der Waals surface area (Å²) < 4.78 is 6.10. The highest BCUT2D eigenvalue weighted by molar-refractivity contribution is 5.97. The molecule has 4 rings (SSSR count). The minimum Gasteiger partial charge on any atom is -0.493 e. The maximum absolute atomic E-state index is 11.5. The Kier molecular flexibility index (Phi) is 13.4. The summed E-state index contributed by atoms with van der Waals surface area (Å²) in [6, 6.07) is 36.0. The summed E-state index contributed by atoms with van der Waals surface area (Å²) in [7, 11) is 0. The van der Waals surface area contributed by atoms with Crippen molar-refractivity contribution in [3.63, 3.8) is 0 Å². The Bertz CT molecular complexity index is 1650. The molecule has 0 aliphatic rings. The van der Waals surface area contributed by atoms with Gasteiger partial charge in [0.25, 0.3) is 0 Å². The van der Waals surface area contributed by atoms with E-state index in [4.69, 9.17) is 9.84 Å². The number of carboxylic acid groups (broad SMARTS) is 2. The molecule has 0 heterocycles. The van der Waals surface area contributed by atoms with Crippen LogP contribution in [-0.2, 0) is 9.59 Å². The lowest BCUT2D eigenvalue weighted by atomic mass is 10.1. The van der Waals surface area contributed by atoms with Crippen molar-refractivity contribution in [1.82, 2.24) is 0 Å². The first kappa shape index (κ1) is 34.3. The topological polar surface area (TPSA) is 111 Å². The standard InChI is InChI=1S/C40H40N2O5/c41-30-34(40(45)46)29-33-24-21-32(28-38(33)47-27-13-5-3-1-2-4-12-18-39(43)44)20-19-31-22-25-37(26-23-31)42(35-14-8-6-9-15-35)36-16-10-7-11-17-36/h6-11,14-17,19-26,28-29H,1-5,12-13,18,27H2,(H,43,44)(H,45,46)/b20-19+,34-29-. The molecule has 47 heavy (non-hydrogen) atoms. The minimum absolute atomic E-state index is 0.225. The van der Waals surface area contributed by atoms with E-state index in [9.17, 15) is 20.0 Å². The van der Waals surface area contributed by atoms with Gasteiger partial charge in [-0.15, -0.1) is 0 Å². The summed E-state index contributed by atoms with van der Waals surface area (Å²) >= 11 is 0. The molecule has 0 aliphatic carbocycles. The number of rotatable bonds is 18. The molecule has 0 spiro atoms.